The van der Waals surface area contributed by atoms with Gasteiger partial charge in [-0.2, -0.15) is 14.6 Å². The van der Waals surface area contributed by atoms with Crippen molar-refractivity contribution >= 4 is 11.6 Å². The Morgan fingerprint density at radius 3 is 2.88 bits per heavy atom. The number of fused-ring (bicyclic) bond motifs is 1. The van der Waals surface area contributed by atoms with E-state index in [0.717, 1.165) is 11.5 Å². The second kappa shape index (κ2) is 4.67. The van der Waals surface area contributed by atoms with Crippen LogP contribution in [-0.4, -0.2) is 32.2 Å². The van der Waals surface area contributed by atoms with Gasteiger partial charge < -0.3 is 11.1 Å². The van der Waals surface area contributed by atoms with Crippen molar-refractivity contribution in [2.45, 2.75) is 26.8 Å². The Morgan fingerprint density at radius 2 is 2.24 bits per heavy atom. The zero-order valence-electron chi connectivity index (χ0n) is 10.4. The Labute approximate surface area is 100 Å². The van der Waals surface area contributed by atoms with Crippen molar-refractivity contribution in [1.29, 1.82) is 0 Å². The molecule has 2 heterocycles. The lowest BCUT2D eigenvalue weighted by molar-refractivity contribution is 0.528. The first-order valence-corrected chi connectivity index (χ1v) is 5.75. The van der Waals surface area contributed by atoms with Crippen LogP contribution in [0.2, 0.25) is 0 Å². The van der Waals surface area contributed by atoms with E-state index in [1.54, 1.807) is 4.52 Å². The van der Waals surface area contributed by atoms with Crippen molar-refractivity contribution in [2.24, 2.45) is 11.7 Å². The summed E-state index contributed by atoms with van der Waals surface area (Å²) in [4.78, 5) is 8.38. The number of rotatable bonds is 4. The normalized spacial score (nSPS) is 13.2. The van der Waals surface area contributed by atoms with E-state index in [0.29, 0.717) is 18.2 Å². The lowest BCUT2D eigenvalue weighted by Gasteiger charge is -2.21. The van der Waals surface area contributed by atoms with E-state index in [2.05, 4.69) is 34.2 Å². The largest absolute Gasteiger partial charge is 0.366 e. The molecule has 6 nitrogen and oxygen atoms in total. The van der Waals surface area contributed by atoms with Crippen molar-refractivity contribution in [3.05, 3.63) is 18.1 Å². The highest BCUT2D eigenvalue weighted by Crippen LogP contribution is 2.13. The van der Waals surface area contributed by atoms with E-state index in [4.69, 9.17) is 5.73 Å². The number of anilines is 1. The van der Waals surface area contributed by atoms with E-state index < -0.39 is 0 Å². The summed E-state index contributed by atoms with van der Waals surface area (Å²) in [6.07, 6.45) is 1.50. The third kappa shape index (κ3) is 2.36. The Bertz CT molecular complexity index is 504. The quantitative estimate of drug-likeness (QED) is 0.819. The molecule has 0 aromatic carbocycles. The molecule has 0 radical (unpaired) electrons. The summed E-state index contributed by atoms with van der Waals surface area (Å²) < 4.78 is 1.69. The van der Waals surface area contributed by atoms with Gasteiger partial charge >= 0.3 is 0 Å². The molecule has 2 aromatic heterocycles. The van der Waals surface area contributed by atoms with Gasteiger partial charge in [0.2, 0.25) is 0 Å². The molecule has 0 bridgehead atoms. The monoisotopic (exact) mass is 234 g/mol. The zero-order chi connectivity index (χ0) is 12.4. The molecule has 2 rings (SSSR count). The third-order valence-corrected chi connectivity index (χ3v) is 2.77. The van der Waals surface area contributed by atoms with Gasteiger partial charge in [0.05, 0.1) is 0 Å². The lowest BCUT2D eigenvalue weighted by Crippen LogP contribution is -2.34. The summed E-state index contributed by atoms with van der Waals surface area (Å²) in [7, 11) is 0. The van der Waals surface area contributed by atoms with Gasteiger partial charge in [0.25, 0.3) is 5.78 Å². The molecule has 0 aliphatic carbocycles. The summed E-state index contributed by atoms with van der Waals surface area (Å²) in [5, 5.41) is 7.54. The first-order valence-electron chi connectivity index (χ1n) is 5.75. The summed E-state index contributed by atoms with van der Waals surface area (Å²) in [5.74, 6) is 1.94. The first-order chi connectivity index (χ1) is 8.11. The van der Waals surface area contributed by atoms with Crippen LogP contribution in [0.1, 0.15) is 19.5 Å². The number of aryl methyl sites for hydroxylation is 1. The fourth-order valence-corrected chi connectivity index (χ4v) is 1.72. The second-order valence-electron chi connectivity index (χ2n) is 4.49. The van der Waals surface area contributed by atoms with Crippen molar-refractivity contribution in [3.8, 4) is 0 Å². The molecule has 0 spiro atoms. The highest BCUT2D eigenvalue weighted by atomic mass is 15.4. The fraction of sp³-hybridized carbons (Fsp3) is 0.545. The Morgan fingerprint density at radius 1 is 1.47 bits per heavy atom. The van der Waals surface area contributed by atoms with Crippen LogP contribution >= 0.6 is 0 Å². The standard InChI is InChI=1S/C11H18N6/c1-7(2)9(5-12)16-10-4-8(3)15-11-13-6-14-17(10)11/h4,6-7,9,16H,5,12H2,1-3H3. The maximum atomic E-state index is 5.76. The average molecular weight is 234 g/mol. The smallest absolute Gasteiger partial charge is 0.254 e. The molecule has 92 valence electrons. The maximum absolute atomic E-state index is 5.76. The molecular formula is C11H18N6. The van der Waals surface area contributed by atoms with E-state index in [9.17, 15) is 0 Å². The summed E-state index contributed by atoms with van der Waals surface area (Å²) in [6, 6.07) is 2.16. The van der Waals surface area contributed by atoms with Crippen LogP contribution in [0, 0.1) is 12.8 Å². The van der Waals surface area contributed by atoms with Crippen LogP contribution in [0.3, 0.4) is 0 Å². The van der Waals surface area contributed by atoms with Crippen LogP contribution in [0.15, 0.2) is 12.4 Å². The van der Waals surface area contributed by atoms with E-state index >= 15 is 0 Å². The molecule has 17 heavy (non-hydrogen) atoms. The van der Waals surface area contributed by atoms with Gasteiger partial charge in [0.1, 0.15) is 12.1 Å². The average Bonchev–Trinajstić information content (AvgIpc) is 2.72. The minimum Gasteiger partial charge on any atom is -0.366 e. The molecule has 6 heteroatoms. The molecule has 0 amide bonds. The van der Waals surface area contributed by atoms with Gasteiger partial charge in [-0.3, -0.25) is 0 Å². The summed E-state index contributed by atoms with van der Waals surface area (Å²) >= 11 is 0. The van der Waals surface area contributed by atoms with Crippen LogP contribution in [0.4, 0.5) is 5.82 Å². The molecule has 2 aromatic rings. The van der Waals surface area contributed by atoms with Gasteiger partial charge in [-0.1, -0.05) is 13.8 Å². The fourth-order valence-electron chi connectivity index (χ4n) is 1.72. The van der Waals surface area contributed by atoms with Gasteiger partial charge in [0.15, 0.2) is 0 Å². The van der Waals surface area contributed by atoms with Crippen molar-refractivity contribution in [3.63, 3.8) is 0 Å². The topological polar surface area (TPSA) is 81.1 Å². The van der Waals surface area contributed by atoms with Gasteiger partial charge in [-0.25, -0.2) is 4.98 Å². The molecule has 0 aliphatic heterocycles. The molecule has 1 unspecified atom stereocenters. The minimum atomic E-state index is 0.212. The number of hydrogen-bond donors (Lipinski definition) is 2. The predicted molar refractivity (Wildman–Crippen MR) is 66.8 cm³/mol. The van der Waals surface area contributed by atoms with Crippen molar-refractivity contribution < 1.29 is 0 Å². The number of nitrogens with zero attached hydrogens (tertiary/aromatic N) is 4. The number of hydrogen-bond acceptors (Lipinski definition) is 5. The third-order valence-electron chi connectivity index (χ3n) is 2.77. The predicted octanol–water partition coefficient (Wildman–Crippen LogP) is 0.828. The van der Waals surface area contributed by atoms with Crippen molar-refractivity contribution in [2.75, 3.05) is 11.9 Å². The van der Waals surface area contributed by atoms with Crippen LogP contribution in [0.25, 0.3) is 5.78 Å². The molecule has 0 fully saturated rings. The molecule has 0 saturated carbocycles. The van der Waals surface area contributed by atoms with Crippen LogP contribution in [0.5, 0.6) is 0 Å². The first kappa shape index (κ1) is 11.8. The Balaban J connectivity index is 2.37. The highest BCUT2D eigenvalue weighted by molar-refractivity contribution is 5.45. The van der Waals surface area contributed by atoms with E-state index in [1.165, 1.54) is 6.33 Å². The molecule has 0 saturated heterocycles. The molecular weight excluding hydrogens is 216 g/mol. The number of nitrogens with two attached hydrogens (primary N) is 1. The second-order valence-corrected chi connectivity index (χ2v) is 4.49. The van der Waals surface area contributed by atoms with Crippen LogP contribution in [-0.2, 0) is 0 Å². The highest BCUT2D eigenvalue weighted by Gasteiger charge is 2.13. The zero-order valence-corrected chi connectivity index (χ0v) is 10.4. The number of nitrogens with one attached hydrogen (secondary N) is 1. The Hall–Kier alpha value is -1.69. The van der Waals surface area contributed by atoms with E-state index in [-0.39, 0.29) is 6.04 Å². The molecule has 3 N–H and O–H groups in total. The van der Waals surface area contributed by atoms with E-state index in [1.807, 2.05) is 13.0 Å². The summed E-state index contributed by atoms with van der Waals surface area (Å²) in [5.41, 5.74) is 6.67. The molecule has 0 aliphatic rings. The van der Waals surface area contributed by atoms with Crippen LogP contribution < -0.4 is 11.1 Å². The summed E-state index contributed by atoms with van der Waals surface area (Å²) in [6.45, 7) is 6.79. The lowest BCUT2D eigenvalue weighted by atomic mass is 10.1. The SMILES string of the molecule is Cc1cc(NC(CN)C(C)C)n2ncnc2n1. The molecule has 1 atom stereocenters. The van der Waals surface area contributed by atoms with Gasteiger partial charge in [-0.15, -0.1) is 0 Å². The maximum Gasteiger partial charge on any atom is 0.254 e. The minimum absolute atomic E-state index is 0.212. The van der Waals surface area contributed by atoms with Crippen molar-refractivity contribution in [1.82, 2.24) is 19.6 Å². The van der Waals surface area contributed by atoms with Gasteiger partial charge in [-0.05, 0) is 12.8 Å². The Kier molecular flexibility index (Phi) is 3.23. The number of aromatic nitrogens is 4. The van der Waals surface area contributed by atoms with Gasteiger partial charge in [0, 0.05) is 24.3 Å².